The van der Waals surface area contributed by atoms with E-state index in [0.717, 1.165) is 20.4 Å². The van der Waals surface area contributed by atoms with Crippen LogP contribution in [0.3, 0.4) is 0 Å². The Kier molecular flexibility index (Phi) is 7.37. The van der Waals surface area contributed by atoms with Gasteiger partial charge in [0.05, 0.1) is 34.6 Å². The molecular formula is C26H25IN2O4S. The van der Waals surface area contributed by atoms with Gasteiger partial charge in [-0.05, 0) is 91.8 Å². The lowest BCUT2D eigenvalue weighted by molar-refractivity contribution is -0.143. The Labute approximate surface area is 215 Å². The number of halogens is 1. The highest BCUT2D eigenvalue weighted by Gasteiger charge is 2.33. The first-order valence-corrected chi connectivity index (χ1v) is 12.9. The molecule has 0 spiro atoms. The number of aromatic nitrogens is 1. The summed E-state index contributed by atoms with van der Waals surface area (Å²) in [6.07, 6.45) is 1.57. The van der Waals surface area contributed by atoms with E-state index >= 15 is 0 Å². The van der Waals surface area contributed by atoms with Gasteiger partial charge in [0.1, 0.15) is 5.75 Å². The fourth-order valence-corrected chi connectivity index (χ4v) is 5.45. The van der Waals surface area contributed by atoms with Crippen LogP contribution in [0.2, 0.25) is 0 Å². The lowest BCUT2D eigenvalue weighted by Crippen LogP contribution is -2.40. The number of hydrogen-bond acceptors (Lipinski definition) is 6. The third-order valence-corrected chi connectivity index (χ3v) is 6.89. The fourth-order valence-electron chi connectivity index (χ4n) is 3.84. The third-order valence-electron chi connectivity index (χ3n) is 5.24. The van der Waals surface area contributed by atoms with Crippen molar-refractivity contribution in [3.63, 3.8) is 0 Å². The number of fused-ring (bicyclic) bond motifs is 1. The molecule has 0 saturated heterocycles. The number of esters is 1. The van der Waals surface area contributed by atoms with E-state index in [1.54, 1.807) is 25.3 Å². The molecule has 34 heavy (non-hydrogen) atoms. The van der Waals surface area contributed by atoms with Gasteiger partial charge in [-0.15, -0.1) is 0 Å². The maximum absolute atomic E-state index is 13.6. The Morgan fingerprint density at radius 2 is 1.97 bits per heavy atom. The summed E-state index contributed by atoms with van der Waals surface area (Å²) < 4.78 is 14.4. The number of benzene rings is 2. The Balaban J connectivity index is 1.91. The van der Waals surface area contributed by atoms with Crippen LogP contribution in [-0.4, -0.2) is 23.2 Å². The molecule has 0 saturated carbocycles. The van der Waals surface area contributed by atoms with Crippen LogP contribution in [0.25, 0.3) is 6.08 Å². The zero-order chi connectivity index (χ0) is 24.4. The van der Waals surface area contributed by atoms with E-state index < -0.39 is 12.0 Å². The molecule has 1 aliphatic heterocycles. The van der Waals surface area contributed by atoms with Crippen LogP contribution in [0.15, 0.2) is 69.6 Å². The van der Waals surface area contributed by atoms with Gasteiger partial charge in [0.15, 0.2) is 4.80 Å². The van der Waals surface area contributed by atoms with E-state index in [4.69, 9.17) is 9.47 Å². The Morgan fingerprint density at radius 1 is 1.24 bits per heavy atom. The number of allylic oxidation sites excluding steroid dienone is 1. The predicted octanol–water partition coefficient (Wildman–Crippen LogP) is 4.19. The SMILES string of the molecule is CCOc1ccc([C@@H]2C(C(=O)OC(C)C)=C(C)N=c3s/c(=C/c4cccc(I)c4)c(=O)n32)cc1. The number of ether oxygens (including phenoxy) is 2. The third kappa shape index (κ3) is 5.02. The largest absolute Gasteiger partial charge is 0.494 e. The molecular weight excluding hydrogens is 563 g/mol. The monoisotopic (exact) mass is 588 g/mol. The fraction of sp³-hybridized carbons (Fsp3) is 0.269. The summed E-state index contributed by atoms with van der Waals surface area (Å²) in [6, 6.07) is 14.7. The van der Waals surface area contributed by atoms with E-state index in [2.05, 4.69) is 27.6 Å². The molecule has 3 aromatic rings. The van der Waals surface area contributed by atoms with E-state index in [9.17, 15) is 9.59 Å². The van der Waals surface area contributed by atoms with Crippen LogP contribution in [-0.2, 0) is 9.53 Å². The summed E-state index contributed by atoms with van der Waals surface area (Å²) in [6.45, 7) is 7.87. The maximum atomic E-state index is 13.6. The van der Waals surface area contributed by atoms with Crippen molar-refractivity contribution in [2.45, 2.75) is 39.8 Å². The number of rotatable bonds is 6. The number of hydrogen-bond donors (Lipinski definition) is 0. The number of thiazole rings is 1. The van der Waals surface area contributed by atoms with E-state index in [-0.39, 0.29) is 11.7 Å². The molecule has 1 aliphatic rings. The lowest BCUT2D eigenvalue weighted by atomic mass is 9.96. The van der Waals surface area contributed by atoms with Crippen molar-refractivity contribution >= 4 is 46.0 Å². The molecule has 1 atom stereocenters. The Hall–Kier alpha value is -2.72. The van der Waals surface area contributed by atoms with Crippen molar-refractivity contribution < 1.29 is 14.3 Å². The summed E-state index contributed by atoms with van der Waals surface area (Å²) >= 11 is 3.57. The zero-order valence-electron chi connectivity index (χ0n) is 19.4. The maximum Gasteiger partial charge on any atom is 0.338 e. The van der Waals surface area contributed by atoms with Gasteiger partial charge in [-0.2, -0.15) is 0 Å². The van der Waals surface area contributed by atoms with Crippen molar-refractivity contribution in [3.05, 3.63) is 94.2 Å². The summed E-state index contributed by atoms with van der Waals surface area (Å²) in [7, 11) is 0. The smallest absolute Gasteiger partial charge is 0.338 e. The lowest BCUT2D eigenvalue weighted by Gasteiger charge is -2.25. The summed E-state index contributed by atoms with van der Waals surface area (Å²) in [4.78, 5) is 32.0. The molecule has 0 radical (unpaired) electrons. The summed E-state index contributed by atoms with van der Waals surface area (Å²) in [5, 5.41) is 0. The van der Waals surface area contributed by atoms with Crippen LogP contribution in [0.1, 0.15) is 44.9 Å². The van der Waals surface area contributed by atoms with E-state index in [0.29, 0.717) is 27.2 Å². The Bertz CT molecular complexity index is 1430. The first-order chi connectivity index (χ1) is 16.3. The van der Waals surface area contributed by atoms with Crippen LogP contribution in [0.4, 0.5) is 0 Å². The van der Waals surface area contributed by atoms with Crippen molar-refractivity contribution in [1.82, 2.24) is 4.57 Å². The van der Waals surface area contributed by atoms with Gasteiger partial charge in [0, 0.05) is 3.57 Å². The molecule has 0 amide bonds. The first-order valence-electron chi connectivity index (χ1n) is 11.0. The van der Waals surface area contributed by atoms with Gasteiger partial charge in [0.25, 0.3) is 5.56 Å². The van der Waals surface area contributed by atoms with Crippen molar-refractivity contribution in [1.29, 1.82) is 0 Å². The van der Waals surface area contributed by atoms with E-state index in [1.165, 1.54) is 11.3 Å². The van der Waals surface area contributed by atoms with Crippen molar-refractivity contribution in [3.8, 4) is 5.75 Å². The van der Waals surface area contributed by atoms with Crippen LogP contribution in [0.5, 0.6) is 5.75 Å². The number of carbonyl (C=O) groups is 1. The highest BCUT2D eigenvalue weighted by Crippen LogP contribution is 2.32. The molecule has 0 fully saturated rings. The molecule has 176 valence electrons. The minimum atomic E-state index is -0.642. The van der Waals surface area contributed by atoms with Gasteiger partial charge in [-0.25, -0.2) is 9.79 Å². The van der Waals surface area contributed by atoms with Crippen molar-refractivity contribution in [2.24, 2.45) is 4.99 Å². The molecule has 1 aromatic heterocycles. The topological polar surface area (TPSA) is 69.9 Å². The summed E-state index contributed by atoms with van der Waals surface area (Å²) in [5.74, 6) is 0.256. The quantitative estimate of drug-likeness (QED) is 0.320. The highest BCUT2D eigenvalue weighted by molar-refractivity contribution is 14.1. The second kappa shape index (κ2) is 10.3. The van der Waals surface area contributed by atoms with Gasteiger partial charge in [-0.1, -0.05) is 35.6 Å². The zero-order valence-corrected chi connectivity index (χ0v) is 22.3. The second-order valence-electron chi connectivity index (χ2n) is 8.09. The molecule has 0 unspecified atom stereocenters. The van der Waals surface area contributed by atoms with E-state index in [1.807, 2.05) is 61.5 Å². The highest BCUT2D eigenvalue weighted by atomic mass is 127. The molecule has 0 aliphatic carbocycles. The number of nitrogens with zero attached hydrogens (tertiary/aromatic N) is 2. The molecule has 8 heteroatoms. The normalized spacial score (nSPS) is 15.8. The van der Waals surface area contributed by atoms with Crippen LogP contribution < -0.4 is 19.6 Å². The average molecular weight is 588 g/mol. The predicted molar refractivity (Wildman–Crippen MR) is 142 cm³/mol. The Morgan fingerprint density at radius 3 is 2.62 bits per heavy atom. The molecule has 0 bridgehead atoms. The summed E-state index contributed by atoms with van der Waals surface area (Å²) in [5.41, 5.74) is 2.45. The molecule has 2 heterocycles. The van der Waals surface area contributed by atoms with Gasteiger partial charge in [0.2, 0.25) is 0 Å². The molecule has 4 rings (SSSR count). The first kappa shape index (κ1) is 24.4. The van der Waals surface area contributed by atoms with Crippen LogP contribution >= 0.6 is 33.9 Å². The standard InChI is InChI=1S/C26H25IN2O4S/c1-5-32-20-11-9-18(10-12-20)23-22(25(31)33-15(2)3)16(4)28-26-29(23)24(30)21(34-26)14-17-7-6-8-19(27)13-17/h6-15,23H,5H2,1-4H3/b21-14+/t23-/m1/s1. The van der Waals surface area contributed by atoms with Gasteiger partial charge in [-0.3, -0.25) is 9.36 Å². The van der Waals surface area contributed by atoms with Gasteiger partial charge >= 0.3 is 5.97 Å². The molecule has 0 N–H and O–H groups in total. The average Bonchev–Trinajstić information content (AvgIpc) is 3.07. The molecule has 6 nitrogen and oxygen atoms in total. The second-order valence-corrected chi connectivity index (χ2v) is 10.3. The molecule has 2 aromatic carbocycles. The van der Waals surface area contributed by atoms with Crippen LogP contribution in [0, 0.1) is 3.57 Å². The van der Waals surface area contributed by atoms with Crippen molar-refractivity contribution in [2.75, 3.05) is 6.61 Å². The minimum absolute atomic E-state index is 0.191. The number of carbonyl (C=O) groups excluding carboxylic acids is 1. The minimum Gasteiger partial charge on any atom is -0.494 e. The van der Waals surface area contributed by atoms with Gasteiger partial charge < -0.3 is 9.47 Å².